The minimum absolute atomic E-state index is 0.00479. The largest absolute Gasteiger partial charge is 0.506 e. The zero-order valence-electron chi connectivity index (χ0n) is 14.7. The minimum atomic E-state index is -0.00479. The highest BCUT2D eigenvalue weighted by Gasteiger charge is 2.25. The molecule has 1 aliphatic heterocycles. The van der Waals surface area contributed by atoms with Gasteiger partial charge in [0.2, 0.25) is 0 Å². The predicted molar refractivity (Wildman–Crippen MR) is 107 cm³/mol. The third-order valence-corrected chi connectivity index (χ3v) is 5.15. The summed E-state index contributed by atoms with van der Waals surface area (Å²) in [5.74, 6) is 0.864. The molecular formula is C20H22Cl2N2O2. The standard InChI is InChI=1S/C20H22Cl2N2O2/c1-26-19-7-3-2-6-16(19)18(24-8-4-5-9-24)13-23-12-14-10-15(21)11-17(22)20(14)25/h2-3,6-7,10-12,18,25H,4-5,8-9,13H2,1H3/t18-/m0/s1. The number of hydrogen-bond donors (Lipinski definition) is 1. The number of likely N-dealkylation sites (tertiary alicyclic amines) is 1. The molecule has 0 aromatic heterocycles. The van der Waals surface area contributed by atoms with Crippen LogP contribution < -0.4 is 4.74 Å². The second kappa shape index (κ2) is 8.76. The smallest absolute Gasteiger partial charge is 0.143 e. The van der Waals surface area contributed by atoms with Gasteiger partial charge in [0.25, 0.3) is 0 Å². The molecule has 1 N–H and O–H groups in total. The van der Waals surface area contributed by atoms with Crippen LogP contribution >= 0.6 is 23.2 Å². The van der Waals surface area contributed by atoms with Gasteiger partial charge in [0.05, 0.1) is 24.7 Å². The molecule has 0 amide bonds. The van der Waals surface area contributed by atoms with Crippen LogP contribution in [-0.4, -0.2) is 43.0 Å². The van der Waals surface area contributed by atoms with E-state index in [4.69, 9.17) is 27.9 Å². The number of aromatic hydroxyl groups is 1. The van der Waals surface area contributed by atoms with Crippen molar-refractivity contribution in [1.29, 1.82) is 0 Å². The number of hydrogen-bond acceptors (Lipinski definition) is 4. The summed E-state index contributed by atoms with van der Waals surface area (Å²) in [4.78, 5) is 7.01. The molecule has 0 bridgehead atoms. The molecule has 0 radical (unpaired) electrons. The molecule has 1 fully saturated rings. The quantitative estimate of drug-likeness (QED) is 0.706. The van der Waals surface area contributed by atoms with E-state index in [1.165, 1.54) is 18.9 Å². The van der Waals surface area contributed by atoms with Crippen LogP contribution in [-0.2, 0) is 0 Å². The van der Waals surface area contributed by atoms with Crippen LogP contribution in [0.1, 0.15) is 30.0 Å². The first kappa shape index (κ1) is 19.0. The van der Waals surface area contributed by atoms with Gasteiger partial charge < -0.3 is 9.84 Å². The lowest BCUT2D eigenvalue weighted by molar-refractivity contribution is 0.246. The summed E-state index contributed by atoms with van der Waals surface area (Å²) < 4.78 is 5.55. The average Bonchev–Trinajstić information content (AvgIpc) is 3.17. The van der Waals surface area contributed by atoms with Crippen molar-refractivity contribution in [3.8, 4) is 11.5 Å². The van der Waals surface area contributed by atoms with Crippen LogP contribution in [0.15, 0.2) is 41.4 Å². The molecule has 0 unspecified atom stereocenters. The number of aliphatic imine (C=N–C) groups is 1. The Labute approximate surface area is 164 Å². The highest BCUT2D eigenvalue weighted by atomic mass is 35.5. The van der Waals surface area contributed by atoms with E-state index < -0.39 is 0 Å². The van der Waals surface area contributed by atoms with Crippen molar-refractivity contribution < 1.29 is 9.84 Å². The van der Waals surface area contributed by atoms with Crippen LogP contribution in [0.25, 0.3) is 0 Å². The van der Waals surface area contributed by atoms with Gasteiger partial charge >= 0.3 is 0 Å². The molecule has 4 nitrogen and oxygen atoms in total. The van der Waals surface area contributed by atoms with Gasteiger partial charge in [-0.3, -0.25) is 9.89 Å². The van der Waals surface area contributed by atoms with Gasteiger partial charge in [-0.25, -0.2) is 0 Å². The number of phenols is 1. The fraction of sp³-hybridized carbons (Fsp3) is 0.350. The Kier molecular flexibility index (Phi) is 6.41. The zero-order chi connectivity index (χ0) is 18.5. The number of methoxy groups -OCH3 is 1. The van der Waals surface area contributed by atoms with E-state index in [-0.39, 0.29) is 16.8 Å². The van der Waals surface area contributed by atoms with E-state index in [0.29, 0.717) is 17.1 Å². The zero-order valence-corrected chi connectivity index (χ0v) is 16.2. The van der Waals surface area contributed by atoms with E-state index in [9.17, 15) is 5.11 Å². The number of para-hydroxylation sites is 1. The highest BCUT2D eigenvalue weighted by Crippen LogP contribution is 2.33. The van der Waals surface area contributed by atoms with E-state index in [2.05, 4.69) is 16.0 Å². The van der Waals surface area contributed by atoms with Crippen LogP contribution in [0.5, 0.6) is 11.5 Å². The number of halogens is 2. The molecular weight excluding hydrogens is 371 g/mol. The van der Waals surface area contributed by atoms with Crippen LogP contribution in [0.2, 0.25) is 10.0 Å². The topological polar surface area (TPSA) is 45.1 Å². The summed E-state index contributed by atoms with van der Waals surface area (Å²) in [7, 11) is 1.69. The third kappa shape index (κ3) is 4.32. The lowest BCUT2D eigenvalue weighted by atomic mass is 10.0. The molecule has 0 spiro atoms. The lowest BCUT2D eigenvalue weighted by Gasteiger charge is -2.27. The highest BCUT2D eigenvalue weighted by molar-refractivity contribution is 6.36. The average molecular weight is 393 g/mol. The molecule has 138 valence electrons. The van der Waals surface area contributed by atoms with Gasteiger partial charge in [0.1, 0.15) is 11.5 Å². The van der Waals surface area contributed by atoms with Crippen molar-refractivity contribution in [3.63, 3.8) is 0 Å². The monoisotopic (exact) mass is 392 g/mol. The summed E-state index contributed by atoms with van der Waals surface area (Å²) >= 11 is 12.0. The van der Waals surface area contributed by atoms with Crippen molar-refractivity contribution >= 4 is 29.4 Å². The molecule has 26 heavy (non-hydrogen) atoms. The molecule has 1 atom stereocenters. The number of phenolic OH excluding ortho intramolecular Hbond substituents is 1. The summed E-state index contributed by atoms with van der Waals surface area (Å²) in [6.45, 7) is 2.66. The van der Waals surface area contributed by atoms with Gasteiger partial charge in [-0.05, 0) is 44.1 Å². The van der Waals surface area contributed by atoms with E-state index in [1.807, 2.05) is 18.2 Å². The molecule has 1 aliphatic rings. The summed E-state index contributed by atoms with van der Waals surface area (Å²) in [5, 5.41) is 10.8. The number of rotatable bonds is 6. The molecule has 3 rings (SSSR count). The van der Waals surface area contributed by atoms with Crippen LogP contribution in [0.3, 0.4) is 0 Å². The first-order chi connectivity index (χ1) is 12.6. The molecule has 0 saturated carbocycles. The Bertz CT molecular complexity index is 789. The number of benzene rings is 2. The molecule has 1 saturated heterocycles. The fourth-order valence-electron chi connectivity index (χ4n) is 3.34. The summed E-state index contributed by atoms with van der Waals surface area (Å²) in [6.07, 6.45) is 4.02. The third-order valence-electron chi connectivity index (χ3n) is 4.65. The van der Waals surface area contributed by atoms with Gasteiger partial charge in [-0.1, -0.05) is 41.4 Å². The summed E-state index contributed by atoms with van der Waals surface area (Å²) in [5.41, 5.74) is 1.64. The van der Waals surface area contributed by atoms with Crippen molar-refractivity contribution in [3.05, 3.63) is 57.6 Å². The van der Waals surface area contributed by atoms with Crippen LogP contribution in [0, 0.1) is 0 Å². The number of ether oxygens (including phenoxy) is 1. The molecule has 2 aromatic rings. The van der Waals surface area contributed by atoms with Crippen molar-refractivity contribution in [2.45, 2.75) is 18.9 Å². The maximum Gasteiger partial charge on any atom is 0.143 e. The minimum Gasteiger partial charge on any atom is -0.506 e. The Hall–Kier alpha value is -1.75. The molecule has 2 aromatic carbocycles. The lowest BCUT2D eigenvalue weighted by Crippen LogP contribution is -2.28. The maximum absolute atomic E-state index is 10.1. The van der Waals surface area contributed by atoms with Gasteiger partial charge in [-0.15, -0.1) is 0 Å². The Morgan fingerprint density at radius 3 is 2.69 bits per heavy atom. The maximum atomic E-state index is 10.1. The van der Waals surface area contributed by atoms with Crippen molar-refractivity contribution in [2.24, 2.45) is 4.99 Å². The van der Waals surface area contributed by atoms with Gasteiger partial charge in [-0.2, -0.15) is 0 Å². The first-order valence-corrected chi connectivity index (χ1v) is 9.40. The van der Waals surface area contributed by atoms with Crippen molar-refractivity contribution in [1.82, 2.24) is 4.90 Å². The first-order valence-electron chi connectivity index (χ1n) is 8.65. The van der Waals surface area contributed by atoms with Crippen molar-refractivity contribution in [2.75, 3.05) is 26.7 Å². The molecule has 6 heteroatoms. The predicted octanol–water partition coefficient (Wildman–Crippen LogP) is 4.96. The Balaban J connectivity index is 1.85. The second-order valence-corrected chi connectivity index (χ2v) is 7.16. The molecule has 0 aliphatic carbocycles. The van der Waals surface area contributed by atoms with Gasteiger partial charge in [0.15, 0.2) is 0 Å². The number of nitrogens with zero attached hydrogens (tertiary/aromatic N) is 2. The SMILES string of the molecule is COc1ccccc1[C@H](CN=Cc1cc(Cl)cc(Cl)c1O)N1CCCC1. The van der Waals surface area contributed by atoms with Gasteiger partial charge in [0, 0.05) is 22.4 Å². The van der Waals surface area contributed by atoms with E-state index in [1.54, 1.807) is 19.4 Å². The van der Waals surface area contributed by atoms with E-state index in [0.717, 1.165) is 24.4 Å². The second-order valence-electron chi connectivity index (χ2n) is 6.32. The molecule has 1 heterocycles. The normalized spacial score (nSPS) is 16.3. The summed E-state index contributed by atoms with van der Waals surface area (Å²) in [6, 6.07) is 11.3. The Morgan fingerprint density at radius 1 is 1.23 bits per heavy atom. The fourth-order valence-corrected chi connectivity index (χ4v) is 3.85. The van der Waals surface area contributed by atoms with E-state index >= 15 is 0 Å². The van der Waals surface area contributed by atoms with Crippen LogP contribution in [0.4, 0.5) is 0 Å². The Morgan fingerprint density at radius 2 is 1.96 bits per heavy atom.